The molecule has 1 aromatic heterocycles. The van der Waals surface area contributed by atoms with Crippen LogP contribution in [0.25, 0.3) is 0 Å². The number of benzene rings is 1. The smallest absolute Gasteiger partial charge is 0.129 e. The monoisotopic (exact) mass is 345 g/mol. The maximum atomic E-state index is 14.0. The number of hydrogen-bond donors (Lipinski definition) is 1. The SMILES string of the molecule is Cc1oc(C)c(C(N)c2cc(Cl)c(Br)cc2F)c1C. The maximum absolute atomic E-state index is 14.0. The van der Waals surface area contributed by atoms with E-state index in [4.69, 9.17) is 21.8 Å². The van der Waals surface area contributed by atoms with E-state index in [0.717, 1.165) is 16.9 Å². The highest BCUT2D eigenvalue weighted by atomic mass is 79.9. The molecule has 0 aliphatic carbocycles. The Hall–Kier alpha value is -0.840. The lowest BCUT2D eigenvalue weighted by atomic mass is 9.96. The van der Waals surface area contributed by atoms with Gasteiger partial charge in [-0.25, -0.2) is 4.39 Å². The molecule has 1 atom stereocenters. The molecule has 0 saturated heterocycles. The van der Waals surface area contributed by atoms with Crippen molar-refractivity contribution in [2.45, 2.75) is 26.8 Å². The lowest BCUT2D eigenvalue weighted by Crippen LogP contribution is -2.15. The minimum Gasteiger partial charge on any atom is -0.466 e. The van der Waals surface area contributed by atoms with Gasteiger partial charge in [0.2, 0.25) is 0 Å². The van der Waals surface area contributed by atoms with Crippen LogP contribution in [0.3, 0.4) is 0 Å². The average Bonchev–Trinajstić information content (AvgIpc) is 2.57. The van der Waals surface area contributed by atoms with Gasteiger partial charge in [0.25, 0.3) is 0 Å². The minimum atomic E-state index is -0.594. The molecule has 2 aromatic rings. The van der Waals surface area contributed by atoms with Gasteiger partial charge >= 0.3 is 0 Å². The van der Waals surface area contributed by atoms with Crippen molar-refractivity contribution >= 4 is 27.5 Å². The van der Waals surface area contributed by atoms with Crippen LogP contribution in [0.4, 0.5) is 4.39 Å². The molecule has 1 unspecified atom stereocenters. The zero-order valence-electron chi connectivity index (χ0n) is 10.9. The Balaban J connectivity index is 2.56. The third kappa shape index (κ3) is 2.57. The molecular weight excluding hydrogens is 333 g/mol. The second kappa shape index (κ2) is 5.27. The molecule has 2 rings (SSSR count). The molecule has 0 fully saturated rings. The Kier molecular flexibility index (Phi) is 4.04. The lowest BCUT2D eigenvalue weighted by molar-refractivity contribution is 0.497. The first-order chi connectivity index (χ1) is 8.82. The Morgan fingerprint density at radius 1 is 1.26 bits per heavy atom. The Morgan fingerprint density at radius 2 is 1.89 bits per heavy atom. The zero-order valence-corrected chi connectivity index (χ0v) is 13.2. The molecule has 0 aliphatic heterocycles. The normalized spacial score (nSPS) is 12.8. The van der Waals surface area contributed by atoms with Crippen LogP contribution < -0.4 is 5.73 Å². The van der Waals surface area contributed by atoms with Crippen molar-refractivity contribution in [3.63, 3.8) is 0 Å². The molecular formula is C14H14BrClFNO. The van der Waals surface area contributed by atoms with Crippen molar-refractivity contribution in [2.75, 3.05) is 0 Å². The summed E-state index contributed by atoms with van der Waals surface area (Å²) in [4.78, 5) is 0. The van der Waals surface area contributed by atoms with Gasteiger partial charge in [-0.05, 0) is 54.4 Å². The van der Waals surface area contributed by atoms with Gasteiger partial charge in [-0.3, -0.25) is 0 Å². The highest BCUT2D eigenvalue weighted by Crippen LogP contribution is 2.34. The van der Waals surface area contributed by atoms with Crippen LogP contribution in [0.15, 0.2) is 21.0 Å². The fourth-order valence-electron chi connectivity index (χ4n) is 2.20. The Labute approximate surface area is 124 Å². The van der Waals surface area contributed by atoms with E-state index in [1.165, 1.54) is 6.07 Å². The predicted molar refractivity (Wildman–Crippen MR) is 78.1 cm³/mol. The van der Waals surface area contributed by atoms with Crippen molar-refractivity contribution < 1.29 is 8.81 Å². The molecule has 0 saturated carbocycles. The van der Waals surface area contributed by atoms with Crippen molar-refractivity contribution in [2.24, 2.45) is 5.73 Å². The fraction of sp³-hybridized carbons (Fsp3) is 0.286. The lowest BCUT2D eigenvalue weighted by Gasteiger charge is -2.15. The summed E-state index contributed by atoms with van der Waals surface area (Å²) in [6, 6.07) is 2.28. The number of aryl methyl sites for hydroxylation is 2. The van der Waals surface area contributed by atoms with E-state index in [1.54, 1.807) is 6.07 Å². The molecule has 0 amide bonds. The molecule has 0 radical (unpaired) electrons. The second-order valence-electron chi connectivity index (χ2n) is 4.52. The van der Waals surface area contributed by atoms with E-state index < -0.39 is 6.04 Å². The van der Waals surface area contributed by atoms with Gasteiger partial charge < -0.3 is 10.2 Å². The van der Waals surface area contributed by atoms with Gasteiger partial charge in [-0.1, -0.05) is 11.6 Å². The third-order valence-electron chi connectivity index (χ3n) is 3.30. The van der Waals surface area contributed by atoms with Crippen LogP contribution in [0, 0.1) is 26.6 Å². The van der Waals surface area contributed by atoms with Crippen LogP contribution in [-0.2, 0) is 0 Å². The molecule has 19 heavy (non-hydrogen) atoms. The molecule has 102 valence electrons. The molecule has 1 heterocycles. The van der Waals surface area contributed by atoms with Crippen LogP contribution >= 0.6 is 27.5 Å². The van der Waals surface area contributed by atoms with Crippen molar-refractivity contribution in [1.82, 2.24) is 0 Å². The van der Waals surface area contributed by atoms with Crippen molar-refractivity contribution in [3.05, 3.63) is 55.7 Å². The molecule has 0 aliphatic rings. The van der Waals surface area contributed by atoms with E-state index in [9.17, 15) is 4.39 Å². The number of hydrogen-bond acceptors (Lipinski definition) is 2. The van der Waals surface area contributed by atoms with E-state index in [-0.39, 0.29) is 5.82 Å². The third-order valence-corrected chi connectivity index (χ3v) is 4.50. The van der Waals surface area contributed by atoms with Gasteiger partial charge in [0.05, 0.1) is 11.1 Å². The summed E-state index contributed by atoms with van der Waals surface area (Å²) in [5, 5.41) is 0.433. The van der Waals surface area contributed by atoms with Crippen LogP contribution in [0.1, 0.15) is 34.3 Å². The van der Waals surface area contributed by atoms with Gasteiger partial charge in [-0.15, -0.1) is 0 Å². The summed E-state index contributed by atoms with van der Waals surface area (Å²) in [5.41, 5.74) is 8.30. The molecule has 2 N–H and O–H groups in total. The standard InChI is InChI=1S/C14H14BrClFNO/c1-6-7(2)19-8(3)13(6)14(18)9-4-11(16)10(15)5-12(9)17/h4-5,14H,18H2,1-3H3. The van der Waals surface area contributed by atoms with E-state index in [1.807, 2.05) is 20.8 Å². The molecule has 1 aromatic carbocycles. The second-order valence-corrected chi connectivity index (χ2v) is 5.78. The zero-order chi connectivity index (χ0) is 14.3. The maximum Gasteiger partial charge on any atom is 0.129 e. The quantitative estimate of drug-likeness (QED) is 0.793. The van der Waals surface area contributed by atoms with Crippen molar-refractivity contribution in [1.29, 1.82) is 0 Å². The average molecular weight is 347 g/mol. The summed E-state index contributed by atoms with van der Waals surface area (Å²) in [7, 11) is 0. The summed E-state index contributed by atoms with van der Waals surface area (Å²) in [6.07, 6.45) is 0. The first-order valence-electron chi connectivity index (χ1n) is 5.79. The number of halogens is 3. The summed E-state index contributed by atoms with van der Waals surface area (Å²) in [6.45, 7) is 5.61. The van der Waals surface area contributed by atoms with Gasteiger partial charge in [0.1, 0.15) is 17.3 Å². The number of nitrogens with two attached hydrogens (primary N) is 1. The molecule has 5 heteroatoms. The van der Waals surface area contributed by atoms with Gasteiger partial charge in [-0.2, -0.15) is 0 Å². The van der Waals surface area contributed by atoms with Crippen LogP contribution in [0.2, 0.25) is 5.02 Å². The van der Waals surface area contributed by atoms with Crippen LogP contribution in [-0.4, -0.2) is 0 Å². The highest BCUT2D eigenvalue weighted by Gasteiger charge is 2.22. The van der Waals surface area contributed by atoms with Gasteiger partial charge in [0.15, 0.2) is 0 Å². The number of rotatable bonds is 2. The first kappa shape index (κ1) is 14.6. The van der Waals surface area contributed by atoms with Gasteiger partial charge in [0, 0.05) is 15.6 Å². The van der Waals surface area contributed by atoms with E-state index in [2.05, 4.69) is 15.9 Å². The highest BCUT2D eigenvalue weighted by molar-refractivity contribution is 9.10. The Morgan fingerprint density at radius 3 is 2.42 bits per heavy atom. The van der Waals surface area contributed by atoms with E-state index in [0.29, 0.717) is 20.8 Å². The molecule has 0 bridgehead atoms. The molecule has 0 spiro atoms. The predicted octanol–water partition coefficient (Wildman–Crippen LogP) is 4.81. The van der Waals surface area contributed by atoms with Crippen LogP contribution in [0.5, 0.6) is 0 Å². The molecule has 2 nitrogen and oxygen atoms in total. The fourth-order valence-corrected chi connectivity index (χ4v) is 2.69. The topological polar surface area (TPSA) is 39.2 Å². The largest absolute Gasteiger partial charge is 0.466 e. The van der Waals surface area contributed by atoms with Crippen molar-refractivity contribution in [3.8, 4) is 0 Å². The summed E-state index contributed by atoms with van der Waals surface area (Å²) in [5.74, 6) is 1.12. The first-order valence-corrected chi connectivity index (χ1v) is 6.96. The Bertz CT molecular complexity index is 639. The summed E-state index contributed by atoms with van der Waals surface area (Å²) >= 11 is 9.20. The minimum absolute atomic E-state index is 0.361. The number of furan rings is 1. The summed E-state index contributed by atoms with van der Waals surface area (Å²) < 4.78 is 20.1. The van der Waals surface area contributed by atoms with E-state index >= 15 is 0 Å².